The van der Waals surface area contributed by atoms with Gasteiger partial charge in [-0.3, -0.25) is 0 Å². The largest absolute Gasteiger partial charge is 0.481 e. The summed E-state index contributed by atoms with van der Waals surface area (Å²) in [6.07, 6.45) is 2.73. The van der Waals surface area contributed by atoms with Crippen LogP contribution in [-0.2, 0) is 4.74 Å². The van der Waals surface area contributed by atoms with E-state index in [0.29, 0.717) is 5.92 Å². The highest BCUT2D eigenvalue weighted by atomic mass is 16.6. The second kappa shape index (κ2) is 4.44. The van der Waals surface area contributed by atoms with Crippen LogP contribution in [0.4, 0.5) is 0 Å². The van der Waals surface area contributed by atoms with Gasteiger partial charge < -0.3 is 9.84 Å². The van der Waals surface area contributed by atoms with Crippen molar-refractivity contribution < 1.29 is 9.84 Å². The Bertz CT molecular complexity index is 429. The molecule has 0 aliphatic heterocycles. The molecule has 1 aliphatic carbocycles. The van der Waals surface area contributed by atoms with E-state index in [-0.39, 0.29) is 5.95 Å². The monoisotopic (exact) mass is 216 g/mol. The number of aliphatic hydroxyl groups excluding tert-OH is 1. The summed E-state index contributed by atoms with van der Waals surface area (Å²) in [5.74, 6) is 1.14. The van der Waals surface area contributed by atoms with Crippen molar-refractivity contribution in [3.05, 3.63) is 59.2 Å². The summed E-state index contributed by atoms with van der Waals surface area (Å²) in [4.78, 5) is 0. The molecule has 0 heterocycles. The van der Waals surface area contributed by atoms with E-state index in [1.165, 1.54) is 5.56 Å². The quantitative estimate of drug-likeness (QED) is 0.777. The number of allylic oxidation sites excluding steroid dienone is 3. The van der Waals surface area contributed by atoms with E-state index in [1.54, 1.807) is 0 Å². The third-order valence-electron chi connectivity index (χ3n) is 2.83. The van der Waals surface area contributed by atoms with Gasteiger partial charge in [0.05, 0.1) is 0 Å². The summed E-state index contributed by atoms with van der Waals surface area (Å²) >= 11 is 0. The van der Waals surface area contributed by atoms with Crippen molar-refractivity contribution in [2.24, 2.45) is 0 Å². The van der Waals surface area contributed by atoms with Crippen LogP contribution in [0.15, 0.2) is 53.7 Å². The first-order valence-corrected chi connectivity index (χ1v) is 5.50. The summed E-state index contributed by atoms with van der Waals surface area (Å²) in [5.41, 5.74) is 2.23. The molecule has 1 aromatic carbocycles. The van der Waals surface area contributed by atoms with Crippen LogP contribution < -0.4 is 0 Å². The lowest BCUT2D eigenvalue weighted by atomic mass is 10.1. The summed E-state index contributed by atoms with van der Waals surface area (Å²) in [7, 11) is 0. The number of hydrogen-bond donors (Lipinski definition) is 1. The maximum atomic E-state index is 9.74. The normalized spacial score (nSPS) is 22.9. The highest BCUT2D eigenvalue weighted by Gasteiger charge is 2.36. The number of rotatable bonds is 3. The molecule has 2 heteroatoms. The van der Waals surface area contributed by atoms with Gasteiger partial charge in [0.1, 0.15) is 5.76 Å². The van der Waals surface area contributed by atoms with Crippen LogP contribution >= 0.6 is 0 Å². The number of hydrogen-bond acceptors (Lipinski definition) is 2. The predicted molar refractivity (Wildman–Crippen MR) is 64.0 cm³/mol. The molecule has 1 fully saturated rings. The summed E-state index contributed by atoms with van der Waals surface area (Å²) in [5, 5.41) is 9.74. The molecule has 16 heavy (non-hydrogen) atoms. The molecule has 2 nitrogen and oxygen atoms in total. The third-order valence-corrected chi connectivity index (χ3v) is 2.83. The minimum absolute atomic E-state index is 0.0736. The first-order valence-electron chi connectivity index (χ1n) is 5.50. The number of ether oxygens (including phenoxy) is 1. The van der Waals surface area contributed by atoms with Crippen molar-refractivity contribution >= 4 is 0 Å². The van der Waals surface area contributed by atoms with Crippen molar-refractivity contribution in [3.63, 3.8) is 0 Å². The van der Waals surface area contributed by atoms with Crippen molar-refractivity contribution in [2.75, 3.05) is 0 Å². The second-order valence-corrected chi connectivity index (χ2v) is 4.00. The topological polar surface area (TPSA) is 29.5 Å². The number of aliphatic hydroxyl groups is 1. The Balaban J connectivity index is 2.08. The van der Waals surface area contributed by atoms with Crippen LogP contribution in [-0.4, -0.2) is 5.11 Å². The minimum atomic E-state index is 0.0736. The van der Waals surface area contributed by atoms with E-state index in [4.69, 9.17) is 4.74 Å². The first-order chi connectivity index (χ1) is 7.72. The fourth-order valence-corrected chi connectivity index (χ4v) is 1.68. The Kier molecular flexibility index (Phi) is 3.00. The Morgan fingerprint density at radius 1 is 1.38 bits per heavy atom. The smallest absolute Gasteiger partial charge is 0.281 e. The molecule has 84 valence electrons. The van der Waals surface area contributed by atoms with Crippen LogP contribution in [0.3, 0.4) is 0 Å². The molecule has 0 saturated heterocycles. The van der Waals surface area contributed by atoms with Crippen LogP contribution in [0.5, 0.6) is 0 Å². The van der Waals surface area contributed by atoms with Crippen LogP contribution in [0.1, 0.15) is 31.7 Å². The molecular weight excluding hydrogens is 200 g/mol. The second-order valence-electron chi connectivity index (χ2n) is 4.00. The lowest BCUT2D eigenvalue weighted by molar-refractivity contribution is 0.144. The molecule has 1 atom stereocenters. The highest BCUT2D eigenvalue weighted by molar-refractivity contribution is 5.41. The van der Waals surface area contributed by atoms with Gasteiger partial charge in [-0.05, 0) is 31.9 Å². The zero-order valence-electron chi connectivity index (χ0n) is 9.60. The fraction of sp³-hybridized carbons (Fsp3) is 0.286. The van der Waals surface area contributed by atoms with Crippen molar-refractivity contribution in [2.45, 2.75) is 26.2 Å². The standard InChI is InChI=1S/C14H16O2/c1-3-10(2)16-14(15)13-9-12(13)11-7-5-4-6-8-11/h3-8,12,15H,9H2,1-2H3/b10-3?,14-13-. The molecule has 1 N–H and O–H groups in total. The van der Waals surface area contributed by atoms with E-state index < -0.39 is 0 Å². The van der Waals surface area contributed by atoms with Gasteiger partial charge >= 0.3 is 0 Å². The zero-order chi connectivity index (χ0) is 11.5. The average molecular weight is 216 g/mol. The summed E-state index contributed by atoms with van der Waals surface area (Å²) in [6.45, 7) is 3.71. The lowest BCUT2D eigenvalue weighted by Crippen LogP contribution is -1.89. The van der Waals surface area contributed by atoms with Gasteiger partial charge in [0.2, 0.25) is 0 Å². The molecule has 1 unspecified atom stereocenters. The van der Waals surface area contributed by atoms with Crippen molar-refractivity contribution in [3.8, 4) is 0 Å². The van der Waals surface area contributed by atoms with Gasteiger partial charge in [-0.1, -0.05) is 30.3 Å². The van der Waals surface area contributed by atoms with E-state index >= 15 is 0 Å². The molecular formula is C14H16O2. The third kappa shape index (κ3) is 2.27. The highest BCUT2D eigenvalue weighted by Crippen LogP contribution is 2.48. The predicted octanol–water partition coefficient (Wildman–Crippen LogP) is 3.88. The lowest BCUT2D eigenvalue weighted by Gasteiger charge is -2.03. The minimum Gasteiger partial charge on any atom is -0.481 e. The summed E-state index contributed by atoms with van der Waals surface area (Å²) in [6, 6.07) is 10.2. The van der Waals surface area contributed by atoms with Gasteiger partial charge in [0.15, 0.2) is 0 Å². The van der Waals surface area contributed by atoms with Gasteiger partial charge in [0, 0.05) is 11.5 Å². The molecule has 1 aliphatic rings. The first kappa shape index (κ1) is 10.8. The number of benzene rings is 1. The Morgan fingerprint density at radius 2 is 2.06 bits per heavy atom. The maximum Gasteiger partial charge on any atom is 0.281 e. The van der Waals surface area contributed by atoms with E-state index in [1.807, 2.05) is 38.1 Å². The SMILES string of the molecule is CC=C(C)O/C(O)=C1/CC1c1ccccc1. The van der Waals surface area contributed by atoms with Crippen LogP contribution in [0.2, 0.25) is 0 Å². The van der Waals surface area contributed by atoms with Gasteiger partial charge in [-0.15, -0.1) is 0 Å². The van der Waals surface area contributed by atoms with Crippen molar-refractivity contribution in [1.29, 1.82) is 0 Å². The van der Waals surface area contributed by atoms with E-state index in [0.717, 1.165) is 17.8 Å². The van der Waals surface area contributed by atoms with E-state index in [9.17, 15) is 5.11 Å². The molecule has 0 aromatic heterocycles. The molecule has 1 saturated carbocycles. The van der Waals surface area contributed by atoms with Crippen LogP contribution in [0.25, 0.3) is 0 Å². The van der Waals surface area contributed by atoms with E-state index in [2.05, 4.69) is 12.1 Å². The van der Waals surface area contributed by atoms with Gasteiger partial charge in [-0.2, -0.15) is 0 Å². The Hall–Kier alpha value is -1.70. The van der Waals surface area contributed by atoms with Crippen LogP contribution in [0, 0.1) is 0 Å². The molecule has 0 amide bonds. The van der Waals surface area contributed by atoms with Gasteiger partial charge in [0.25, 0.3) is 5.95 Å². The zero-order valence-corrected chi connectivity index (χ0v) is 9.60. The fourth-order valence-electron chi connectivity index (χ4n) is 1.68. The molecule has 0 bridgehead atoms. The summed E-state index contributed by atoms with van der Waals surface area (Å²) < 4.78 is 5.27. The van der Waals surface area contributed by atoms with Crippen molar-refractivity contribution in [1.82, 2.24) is 0 Å². The molecule has 2 rings (SSSR count). The Morgan fingerprint density at radius 3 is 2.69 bits per heavy atom. The molecule has 0 spiro atoms. The van der Waals surface area contributed by atoms with Gasteiger partial charge in [-0.25, -0.2) is 0 Å². The Labute approximate surface area is 95.9 Å². The maximum absolute atomic E-state index is 9.74. The molecule has 0 radical (unpaired) electrons. The average Bonchev–Trinajstić information content (AvgIpc) is 3.10. The molecule has 1 aromatic rings.